The van der Waals surface area contributed by atoms with E-state index in [0.717, 1.165) is 22.7 Å². The van der Waals surface area contributed by atoms with E-state index in [9.17, 15) is 0 Å². The molecule has 0 amide bonds. The highest BCUT2D eigenvalue weighted by Gasteiger charge is 2.25. The highest BCUT2D eigenvalue weighted by atomic mass is 15.2. The zero-order valence-electron chi connectivity index (χ0n) is 33.8. The highest BCUT2D eigenvalue weighted by molar-refractivity contribution is 6.36. The lowest BCUT2D eigenvalue weighted by Gasteiger charge is -2.31. The third kappa shape index (κ3) is 5.11. The van der Waals surface area contributed by atoms with Crippen LogP contribution in [0.3, 0.4) is 0 Å². The minimum atomic E-state index is 1.12. The van der Waals surface area contributed by atoms with E-state index >= 15 is 0 Å². The van der Waals surface area contributed by atoms with Crippen LogP contribution in [0.5, 0.6) is 0 Å². The molecule has 0 fully saturated rings. The normalized spacial score (nSPS) is 11.9. The van der Waals surface area contributed by atoms with Crippen molar-refractivity contribution in [1.82, 2.24) is 0 Å². The average Bonchev–Trinajstić information content (AvgIpc) is 3.34. The van der Waals surface area contributed by atoms with Crippen molar-refractivity contribution < 1.29 is 0 Å². The van der Waals surface area contributed by atoms with Gasteiger partial charge < -0.3 is 9.80 Å². The van der Waals surface area contributed by atoms with Gasteiger partial charge in [0, 0.05) is 43.7 Å². The Kier molecular flexibility index (Phi) is 7.64. The Morgan fingerprint density at radius 1 is 0.210 bits per heavy atom. The molecule has 0 aromatic heterocycles. The molecule has 0 N–H and O–H groups in total. The van der Waals surface area contributed by atoms with Gasteiger partial charge in [-0.2, -0.15) is 0 Å². The van der Waals surface area contributed by atoms with Crippen LogP contribution in [-0.2, 0) is 0 Å². The maximum Gasteiger partial charge on any atom is 0.0618 e. The predicted molar refractivity (Wildman–Crippen MR) is 267 cm³/mol. The third-order valence-electron chi connectivity index (χ3n) is 13.1. The van der Waals surface area contributed by atoms with Crippen LogP contribution < -0.4 is 9.80 Å². The first-order valence-corrected chi connectivity index (χ1v) is 21.4. The Bertz CT molecular complexity index is 3490. The molecule has 13 aromatic carbocycles. The van der Waals surface area contributed by atoms with Gasteiger partial charge in [-0.15, -0.1) is 0 Å². The molecule has 0 bridgehead atoms. The van der Waals surface area contributed by atoms with Gasteiger partial charge in [0.25, 0.3) is 0 Å². The molecule has 0 saturated carbocycles. The summed E-state index contributed by atoms with van der Waals surface area (Å²) in [5, 5.41) is 19.8. The summed E-state index contributed by atoms with van der Waals surface area (Å²) in [6.45, 7) is 0. The van der Waals surface area contributed by atoms with Crippen LogP contribution in [0.4, 0.5) is 34.1 Å². The topological polar surface area (TPSA) is 6.48 Å². The molecule has 0 radical (unpaired) electrons. The second kappa shape index (κ2) is 13.7. The number of para-hydroxylation sites is 2. The second-order valence-electron chi connectivity index (χ2n) is 16.4. The first kappa shape index (κ1) is 34.6. The molecule has 0 atom stereocenters. The maximum atomic E-state index is 2.50. The summed E-state index contributed by atoms with van der Waals surface area (Å²) < 4.78 is 0. The van der Waals surface area contributed by atoms with Crippen molar-refractivity contribution in [2.24, 2.45) is 0 Å². The molecule has 62 heavy (non-hydrogen) atoms. The molecule has 13 aromatic rings. The summed E-state index contributed by atoms with van der Waals surface area (Å²) in [5.41, 5.74) is 6.94. The fraction of sp³-hybridized carbons (Fsp3) is 0. The Morgan fingerprint density at radius 3 is 0.871 bits per heavy atom. The number of benzene rings is 13. The monoisotopic (exact) mass is 786 g/mol. The van der Waals surface area contributed by atoms with Crippen molar-refractivity contribution >= 4 is 120 Å². The summed E-state index contributed by atoms with van der Waals surface area (Å²) in [7, 11) is 0. The Labute approximate surface area is 359 Å². The Morgan fingerprint density at radius 2 is 0.500 bits per heavy atom. The van der Waals surface area contributed by atoms with Crippen molar-refractivity contribution in [3.05, 3.63) is 231 Å². The molecule has 0 heterocycles. The Hall–Kier alpha value is -8.20. The van der Waals surface area contributed by atoms with Gasteiger partial charge in [-0.1, -0.05) is 182 Å². The quantitative estimate of drug-likeness (QED) is 0.122. The van der Waals surface area contributed by atoms with Crippen LogP contribution in [0.25, 0.3) is 86.2 Å². The first-order valence-electron chi connectivity index (χ1n) is 21.4. The smallest absolute Gasteiger partial charge is 0.0618 e. The van der Waals surface area contributed by atoms with E-state index in [0.29, 0.717) is 0 Å². The van der Waals surface area contributed by atoms with E-state index in [4.69, 9.17) is 0 Å². The summed E-state index contributed by atoms with van der Waals surface area (Å²) in [5.74, 6) is 0. The lowest BCUT2D eigenvalue weighted by molar-refractivity contribution is 1.33. The van der Waals surface area contributed by atoms with Crippen LogP contribution in [0.1, 0.15) is 0 Å². The second-order valence-corrected chi connectivity index (χ2v) is 16.4. The first-order chi connectivity index (χ1) is 30.8. The van der Waals surface area contributed by atoms with Crippen molar-refractivity contribution in [1.29, 1.82) is 0 Å². The average molecular weight is 787 g/mol. The van der Waals surface area contributed by atoms with E-state index in [2.05, 4.69) is 240 Å². The molecule has 0 aliphatic heterocycles. The van der Waals surface area contributed by atoms with Crippen LogP contribution in [0.2, 0.25) is 0 Å². The van der Waals surface area contributed by atoms with Crippen molar-refractivity contribution in [2.75, 3.05) is 9.80 Å². The van der Waals surface area contributed by atoms with Gasteiger partial charge >= 0.3 is 0 Å². The molecule has 0 spiro atoms. The van der Waals surface area contributed by atoms with Crippen LogP contribution in [0.15, 0.2) is 231 Å². The van der Waals surface area contributed by atoms with Gasteiger partial charge in [-0.05, 0) is 102 Å². The fourth-order valence-electron chi connectivity index (χ4n) is 10.5. The van der Waals surface area contributed by atoms with E-state index in [1.54, 1.807) is 0 Å². The minimum absolute atomic E-state index is 1.12. The molecule has 13 rings (SSSR count). The van der Waals surface area contributed by atoms with Crippen molar-refractivity contribution in [3.63, 3.8) is 0 Å². The van der Waals surface area contributed by atoms with E-state index in [1.165, 1.54) is 97.6 Å². The molecule has 2 nitrogen and oxygen atoms in total. The Balaban J connectivity index is 1.11. The van der Waals surface area contributed by atoms with Crippen LogP contribution in [0, 0.1) is 0 Å². The fourth-order valence-corrected chi connectivity index (χ4v) is 10.5. The van der Waals surface area contributed by atoms with E-state index in [1.807, 2.05) is 0 Å². The van der Waals surface area contributed by atoms with E-state index in [-0.39, 0.29) is 0 Å². The summed E-state index contributed by atoms with van der Waals surface area (Å²) in [6.07, 6.45) is 0. The number of rotatable bonds is 6. The van der Waals surface area contributed by atoms with Gasteiger partial charge in [0.15, 0.2) is 0 Å². The summed E-state index contributed by atoms with van der Waals surface area (Å²) in [6, 6.07) is 84.9. The maximum absolute atomic E-state index is 2.50. The number of nitrogens with zero attached hydrogens (tertiary/aromatic N) is 2. The number of hydrogen-bond donors (Lipinski definition) is 0. The van der Waals surface area contributed by atoms with Gasteiger partial charge in [0.2, 0.25) is 0 Å². The largest absolute Gasteiger partial charge is 0.309 e. The summed E-state index contributed by atoms with van der Waals surface area (Å²) >= 11 is 0. The minimum Gasteiger partial charge on any atom is -0.309 e. The zero-order chi connectivity index (χ0) is 40.7. The molecule has 0 aliphatic rings. The highest BCUT2D eigenvalue weighted by Crippen LogP contribution is 2.52. The molecular weight excluding hydrogens is 749 g/mol. The molecule has 0 saturated heterocycles. The molecular formula is C60H38N2. The van der Waals surface area contributed by atoms with Gasteiger partial charge in [0.1, 0.15) is 0 Å². The van der Waals surface area contributed by atoms with Crippen molar-refractivity contribution in [3.8, 4) is 0 Å². The van der Waals surface area contributed by atoms with Crippen LogP contribution >= 0.6 is 0 Å². The molecule has 0 aliphatic carbocycles. The van der Waals surface area contributed by atoms with E-state index < -0.39 is 0 Å². The lowest BCUT2D eigenvalue weighted by atomic mass is 9.88. The predicted octanol–water partition coefficient (Wildman–Crippen LogP) is 17.3. The number of hydrogen-bond acceptors (Lipinski definition) is 2. The molecule has 0 unspecified atom stereocenters. The standard InChI is InChI=1S/C60H38N2/c1-3-21-43(22-4-1)61(59-45-25-11-7-17-39(45)37-40-18-8-12-26-46(40)59)55-35-33-51-50-30-16-32-54-56(36-34-52(58(50)54)49-29-15-31-53(55)57(49)51)62(44-23-5-2-6-24-44)60-47-27-13-9-19-41(47)38-42-20-10-14-28-48(42)60/h1-38H. The SMILES string of the molecule is c1ccc(N(c2c3ccccc3cc3ccccc23)c2ccc3c4cccc5c(N(c6ccccc6)c6c7ccccc7cc7ccccc67)ccc(c6cccc2c63)c54)cc1. The lowest BCUT2D eigenvalue weighted by Crippen LogP contribution is -2.12. The van der Waals surface area contributed by atoms with Crippen molar-refractivity contribution in [2.45, 2.75) is 0 Å². The molecule has 288 valence electrons. The van der Waals surface area contributed by atoms with Crippen LogP contribution in [-0.4, -0.2) is 0 Å². The number of fused-ring (bicyclic) bond motifs is 6. The number of anilines is 6. The van der Waals surface area contributed by atoms with Gasteiger partial charge in [0.05, 0.1) is 22.7 Å². The summed E-state index contributed by atoms with van der Waals surface area (Å²) in [4.78, 5) is 5.00. The van der Waals surface area contributed by atoms with Gasteiger partial charge in [-0.25, -0.2) is 0 Å². The van der Waals surface area contributed by atoms with Gasteiger partial charge in [-0.3, -0.25) is 0 Å². The molecule has 2 heteroatoms. The zero-order valence-corrected chi connectivity index (χ0v) is 33.8. The third-order valence-corrected chi connectivity index (χ3v) is 13.1.